The number of anilines is 1. The van der Waals surface area contributed by atoms with E-state index in [0.717, 1.165) is 12.8 Å². The monoisotopic (exact) mass is 254 g/mol. The van der Waals surface area contributed by atoms with Gasteiger partial charge in [0, 0.05) is 28.8 Å². The van der Waals surface area contributed by atoms with E-state index in [0.29, 0.717) is 28.8 Å². The lowest BCUT2D eigenvalue weighted by molar-refractivity contribution is -0.120. The van der Waals surface area contributed by atoms with E-state index in [2.05, 4.69) is 5.32 Å². The molecule has 1 aromatic rings. The maximum absolute atomic E-state index is 13.0. The average molecular weight is 254 g/mol. The van der Waals surface area contributed by atoms with Crippen LogP contribution in [0.2, 0.25) is 0 Å². The number of rotatable bonds is 5. The second-order valence-corrected chi connectivity index (χ2v) is 5.26. The molecule has 0 bridgehead atoms. The van der Waals surface area contributed by atoms with Crippen molar-refractivity contribution in [3.05, 3.63) is 24.0 Å². The lowest BCUT2D eigenvalue weighted by Crippen LogP contribution is -2.25. The van der Waals surface area contributed by atoms with Crippen LogP contribution in [0.15, 0.2) is 23.1 Å². The summed E-state index contributed by atoms with van der Waals surface area (Å²) in [5.41, 5.74) is 6.26. The van der Waals surface area contributed by atoms with Gasteiger partial charge in [-0.05, 0) is 31.0 Å². The van der Waals surface area contributed by atoms with Gasteiger partial charge in [-0.2, -0.15) is 0 Å². The molecule has 2 rings (SSSR count). The predicted molar refractivity (Wildman–Crippen MR) is 67.3 cm³/mol. The topological polar surface area (TPSA) is 55.1 Å². The van der Waals surface area contributed by atoms with E-state index < -0.39 is 0 Å². The van der Waals surface area contributed by atoms with Crippen LogP contribution >= 0.6 is 11.8 Å². The molecule has 0 atom stereocenters. The minimum atomic E-state index is -0.302. The molecule has 3 nitrogen and oxygen atoms in total. The van der Waals surface area contributed by atoms with E-state index in [4.69, 9.17) is 5.73 Å². The standard InChI is InChI=1S/C12H15FN2OS/c13-8-1-4-10(14)11(7-8)17-6-5-12(16)15-9-2-3-9/h1,4,7,9H,2-3,5-6,14H2,(H,15,16). The Labute approximate surface area is 104 Å². The van der Waals surface area contributed by atoms with Crippen LogP contribution in [0, 0.1) is 5.82 Å². The van der Waals surface area contributed by atoms with Crippen LogP contribution in [0.1, 0.15) is 19.3 Å². The third-order valence-electron chi connectivity index (χ3n) is 2.50. The number of thioether (sulfide) groups is 1. The fraction of sp³-hybridized carbons (Fsp3) is 0.417. The normalized spacial score (nSPS) is 14.6. The molecule has 0 radical (unpaired) electrons. The third kappa shape index (κ3) is 3.93. The van der Waals surface area contributed by atoms with Crippen molar-refractivity contribution < 1.29 is 9.18 Å². The van der Waals surface area contributed by atoms with Crippen LogP contribution in [0.3, 0.4) is 0 Å². The lowest BCUT2D eigenvalue weighted by Gasteiger charge is -2.06. The second kappa shape index (κ2) is 5.40. The lowest BCUT2D eigenvalue weighted by atomic mass is 10.3. The Morgan fingerprint density at radius 2 is 2.29 bits per heavy atom. The molecule has 1 amide bonds. The van der Waals surface area contributed by atoms with E-state index in [1.54, 1.807) is 6.07 Å². The Hall–Kier alpha value is -1.23. The van der Waals surface area contributed by atoms with Crippen molar-refractivity contribution in [3.63, 3.8) is 0 Å². The number of nitrogens with two attached hydrogens (primary N) is 1. The number of carbonyl (C=O) groups is 1. The van der Waals surface area contributed by atoms with Crippen molar-refractivity contribution >= 4 is 23.4 Å². The Balaban J connectivity index is 1.76. The van der Waals surface area contributed by atoms with Gasteiger partial charge in [-0.15, -0.1) is 11.8 Å². The van der Waals surface area contributed by atoms with E-state index in [9.17, 15) is 9.18 Å². The SMILES string of the molecule is Nc1ccc(F)cc1SCCC(=O)NC1CC1. The zero-order valence-corrected chi connectivity index (χ0v) is 10.2. The maximum atomic E-state index is 13.0. The molecule has 3 N–H and O–H groups in total. The maximum Gasteiger partial charge on any atom is 0.221 e. The third-order valence-corrected chi connectivity index (χ3v) is 3.58. The Morgan fingerprint density at radius 3 is 3.00 bits per heavy atom. The molecule has 0 saturated heterocycles. The van der Waals surface area contributed by atoms with E-state index in [1.165, 1.54) is 23.9 Å². The Bertz CT molecular complexity index is 421. The van der Waals surface area contributed by atoms with Crippen LogP contribution in [0.25, 0.3) is 0 Å². The van der Waals surface area contributed by atoms with Crippen molar-refractivity contribution in [2.45, 2.75) is 30.2 Å². The first kappa shape index (κ1) is 12.2. The van der Waals surface area contributed by atoms with Crippen LogP contribution in [-0.2, 0) is 4.79 Å². The van der Waals surface area contributed by atoms with Gasteiger partial charge >= 0.3 is 0 Å². The molecule has 92 valence electrons. The molecule has 1 aromatic carbocycles. The zero-order valence-electron chi connectivity index (χ0n) is 9.41. The molecule has 0 aliphatic heterocycles. The van der Waals surface area contributed by atoms with Crippen molar-refractivity contribution in [1.29, 1.82) is 0 Å². The zero-order chi connectivity index (χ0) is 12.3. The molecule has 0 unspecified atom stereocenters. The summed E-state index contributed by atoms with van der Waals surface area (Å²) in [4.78, 5) is 12.1. The minimum Gasteiger partial charge on any atom is -0.398 e. The number of halogens is 1. The molecule has 17 heavy (non-hydrogen) atoms. The van der Waals surface area contributed by atoms with E-state index in [-0.39, 0.29) is 11.7 Å². The van der Waals surface area contributed by atoms with Crippen LogP contribution in [-0.4, -0.2) is 17.7 Å². The fourth-order valence-electron chi connectivity index (χ4n) is 1.41. The second-order valence-electron chi connectivity index (χ2n) is 4.12. The fourth-order valence-corrected chi connectivity index (χ4v) is 2.35. The molecule has 1 saturated carbocycles. The van der Waals surface area contributed by atoms with Crippen LogP contribution < -0.4 is 11.1 Å². The summed E-state index contributed by atoms with van der Waals surface area (Å²) in [5, 5.41) is 2.91. The Kier molecular flexibility index (Phi) is 3.89. The van der Waals surface area contributed by atoms with Gasteiger partial charge in [0.1, 0.15) is 5.82 Å². The summed E-state index contributed by atoms with van der Waals surface area (Å²) >= 11 is 1.41. The minimum absolute atomic E-state index is 0.0648. The van der Waals surface area contributed by atoms with E-state index >= 15 is 0 Å². The highest BCUT2D eigenvalue weighted by Crippen LogP contribution is 2.26. The van der Waals surface area contributed by atoms with Gasteiger partial charge in [-0.25, -0.2) is 4.39 Å². The Morgan fingerprint density at radius 1 is 1.53 bits per heavy atom. The highest BCUT2D eigenvalue weighted by atomic mass is 32.2. The van der Waals surface area contributed by atoms with Gasteiger partial charge in [0.05, 0.1) is 0 Å². The number of hydrogen-bond acceptors (Lipinski definition) is 3. The van der Waals surface area contributed by atoms with Gasteiger partial charge in [0.2, 0.25) is 5.91 Å². The summed E-state index contributed by atoms with van der Waals surface area (Å²) in [6, 6.07) is 4.67. The van der Waals surface area contributed by atoms with Crippen molar-refractivity contribution in [3.8, 4) is 0 Å². The number of hydrogen-bond donors (Lipinski definition) is 2. The van der Waals surface area contributed by atoms with Gasteiger partial charge in [-0.3, -0.25) is 4.79 Å². The highest BCUT2D eigenvalue weighted by Gasteiger charge is 2.22. The largest absolute Gasteiger partial charge is 0.398 e. The van der Waals surface area contributed by atoms with Gasteiger partial charge in [0.15, 0.2) is 0 Å². The van der Waals surface area contributed by atoms with E-state index in [1.807, 2.05) is 0 Å². The molecule has 1 fully saturated rings. The first-order valence-electron chi connectivity index (χ1n) is 5.62. The van der Waals surface area contributed by atoms with Crippen molar-refractivity contribution in [1.82, 2.24) is 5.32 Å². The molecule has 1 aliphatic carbocycles. The quantitative estimate of drug-likeness (QED) is 0.625. The molecule has 0 spiro atoms. The summed E-state index contributed by atoms with van der Waals surface area (Å²) in [7, 11) is 0. The summed E-state index contributed by atoms with van der Waals surface area (Å²) in [5.74, 6) is 0.380. The smallest absolute Gasteiger partial charge is 0.221 e. The highest BCUT2D eigenvalue weighted by molar-refractivity contribution is 7.99. The molecule has 0 aromatic heterocycles. The average Bonchev–Trinajstić information content (AvgIpc) is 3.07. The number of amides is 1. The van der Waals surface area contributed by atoms with Crippen molar-refractivity contribution in [2.75, 3.05) is 11.5 Å². The number of nitrogens with one attached hydrogen (secondary N) is 1. The molecule has 5 heteroatoms. The molecule has 0 heterocycles. The van der Waals surface area contributed by atoms with Gasteiger partial charge in [0.25, 0.3) is 0 Å². The van der Waals surface area contributed by atoms with Gasteiger partial charge in [-0.1, -0.05) is 0 Å². The number of carbonyl (C=O) groups excluding carboxylic acids is 1. The van der Waals surface area contributed by atoms with Crippen LogP contribution in [0.4, 0.5) is 10.1 Å². The number of benzene rings is 1. The van der Waals surface area contributed by atoms with Gasteiger partial charge < -0.3 is 11.1 Å². The summed E-state index contributed by atoms with van der Waals surface area (Å²) in [6.45, 7) is 0. The number of nitrogen functional groups attached to an aromatic ring is 1. The predicted octanol–water partition coefficient (Wildman–Crippen LogP) is 2.17. The summed E-state index contributed by atoms with van der Waals surface area (Å²) in [6.07, 6.45) is 2.63. The molecular formula is C12H15FN2OS. The first-order chi connectivity index (χ1) is 8.15. The molecule has 1 aliphatic rings. The van der Waals surface area contributed by atoms with Crippen molar-refractivity contribution in [2.24, 2.45) is 0 Å². The summed E-state index contributed by atoms with van der Waals surface area (Å²) < 4.78 is 13.0. The first-order valence-corrected chi connectivity index (χ1v) is 6.61. The molecular weight excluding hydrogens is 239 g/mol. The van der Waals surface area contributed by atoms with Crippen LogP contribution in [0.5, 0.6) is 0 Å².